The Morgan fingerprint density at radius 1 is 1.03 bits per heavy atom. The SMILES string of the molecule is C[C@H](NC(=O)Cn1c(=O)cc(-c2nc(-c3ccncc3)no2)c2ccccc21)c1ccccc1. The predicted molar refractivity (Wildman–Crippen MR) is 128 cm³/mol. The number of carbonyl (C=O) groups is 1. The summed E-state index contributed by atoms with van der Waals surface area (Å²) in [6.07, 6.45) is 3.29. The lowest BCUT2D eigenvalue weighted by atomic mass is 10.1. The average molecular weight is 451 g/mol. The Hall–Kier alpha value is -4.59. The lowest BCUT2D eigenvalue weighted by Gasteiger charge is -2.16. The number of hydrogen-bond donors (Lipinski definition) is 1. The first-order valence-electron chi connectivity index (χ1n) is 10.8. The summed E-state index contributed by atoms with van der Waals surface area (Å²) in [5.41, 5.74) is 2.54. The van der Waals surface area contributed by atoms with Gasteiger partial charge in [0.1, 0.15) is 6.54 Å². The molecule has 1 N–H and O–H groups in total. The lowest BCUT2D eigenvalue weighted by molar-refractivity contribution is -0.122. The highest BCUT2D eigenvalue weighted by Gasteiger charge is 2.18. The van der Waals surface area contributed by atoms with Crippen molar-refractivity contribution < 1.29 is 9.32 Å². The Labute approximate surface area is 194 Å². The van der Waals surface area contributed by atoms with Crippen molar-refractivity contribution in [1.29, 1.82) is 0 Å². The van der Waals surface area contributed by atoms with E-state index in [1.807, 2.05) is 55.5 Å². The van der Waals surface area contributed by atoms with Crippen LogP contribution in [0.3, 0.4) is 0 Å². The van der Waals surface area contributed by atoms with Crippen molar-refractivity contribution in [2.75, 3.05) is 0 Å². The van der Waals surface area contributed by atoms with E-state index in [0.717, 1.165) is 16.5 Å². The van der Waals surface area contributed by atoms with E-state index in [2.05, 4.69) is 20.4 Å². The first-order valence-corrected chi connectivity index (χ1v) is 10.8. The topological polar surface area (TPSA) is 103 Å². The normalized spacial score (nSPS) is 11.9. The minimum absolute atomic E-state index is 0.108. The summed E-state index contributed by atoms with van der Waals surface area (Å²) in [6, 6.07) is 21.8. The number of aromatic nitrogens is 4. The van der Waals surface area contributed by atoms with Crippen molar-refractivity contribution in [3.63, 3.8) is 0 Å². The molecular weight excluding hydrogens is 430 g/mol. The number of benzene rings is 2. The molecule has 5 aromatic rings. The van der Waals surface area contributed by atoms with Crippen molar-refractivity contribution in [3.8, 4) is 22.8 Å². The third kappa shape index (κ3) is 4.21. The maximum Gasteiger partial charge on any atom is 0.259 e. The Bertz CT molecular complexity index is 1510. The van der Waals surface area contributed by atoms with Crippen LogP contribution in [0.4, 0.5) is 0 Å². The van der Waals surface area contributed by atoms with Crippen LogP contribution in [0.5, 0.6) is 0 Å². The number of pyridine rings is 2. The zero-order valence-corrected chi connectivity index (χ0v) is 18.4. The largest absolute Gasteiger partial charge is 0.348 e. The minimum atomic E-state index is -0.333. The highest BCUT2D eigenvalue weighted by Crippen LogP contribution is 2.28. The minimum Gasteiger partial charge on any atom is -0.348 e. The number of hydrogen-bond acceptors (Lipinski definition) is 6. The van der Waals surface area contributed by atoms with Gasteiger partial charge in [-0.1, -0.05) is 53.7 Å². The molecule has 0 fully saturated rings. The van der Waals surface area contributed by atoms with E-state index in [1.165, 1.54) is 10.6 Å². The first-order chi connectivity index (χ1) is 16.6. The van der Waals surface area contributed by atoms with Crippen molar-refractivity contribution in [1.82, 2.24) is 25.0 Å². The van der Waals surface area contributed by atoms with Gasteiger partial charge in [-0.25, -0.2) is 0 Å². The summed E-state index contributed by atoms with van der Waals surface area (Å²) >= 11 is 0. The third-order valence-corrected chi connectivity index (χ3v) is 5.59. The van der Waals surface area contributed by atoms with Crippen LogP contribution in [-0.2, 0) is 11.3 Å². The maximum atomic E-state index is 13.1. The zero-order valence-electron chi connectivity index (χ0n) is 18.4. The smallest absolute Gasteiger partial charge is 0.259 e. The molecule has 3 heterocycles. The van der Waals surface area contributed by atoms with Gasteiger partial charge in [-0.2, -0.15) is 4.98 Å². The van der Waals surface area contributed by atoms with Crippen LogP contribution in [0, 0.1) is 0 Å². The standard InChI is InChI=1S/C26H21N5O3/c1-17(18-7-3-2-4-8-18)28-23(32)16-31-22-10-6-5-9-20(22)21(15-24(31)33)26-29-25(30-34-26)19-11-13-27-14-12-19/h2-15,17H,16H2,1H3,(H,28,32)/t17-/m0/s1. The van der Waals surface area contributed by atoms with Gasteiger partial charge < -0.3 is 9.84 Å². The molecule has 0 bridgehead atoms. The first kappa shape index (κ1) is 21.3. The molecule has 34 heavy (non-hydrogen) atoms. The molecule has 0 saturated heterocycles. The predicted octanol–water partition coefficient (Wildman–Crippen LogP) is 3.99. The maximum absolute atomic E-state index is 13.1. The van der Waals surface area contributed by atoms with Crippen molar-refractivity contribution in [2.24, 2.45) is 0 Å². The van der Waals surface area contributed by atoms with Gasteiger partial charge in [0.15, 0.2) is 0 Å². The Kier molecular flexibility index (Phi) is 5.70. The van der Waals surface area contributed by atoms with Crippen molar-refractivity contribution in [3.05, 3.63) is 101 Å². The van der Waals surface area contributed by atoms with Crippen LogP contribution in [0.15, 0.2) is 94.5 Å². The second-order valence-corrected chi connectivity index (χ2v) is 7.86. The fourth-order valence-corrected chi connectivity index (χ4v) is 3.88. The van der Waals surface area contributed by atoms with Crippen LogP contribution in [-0.4, -0.2) is 25.6 Å². The van der Waals surface area contributed by atoms with Crippen molar-refractivity contribution >= 4 is 16.8 Å². The van der Waals surface area contributed by atoms with Crippen molar-refractivity contribution in [2.45, 2.75) is 19.5 Å². The molecule has 5 rings (SSSR count). The van der Waals surface area contributed by atoms with Gasteiger partial charge >= 0.3 is 0 Å². The Morgan fingerprint density at radius 3 is 2.56 bits per heavy atom. The number of nitrogens with zero attached hydrogens (tertiary/aromatic N) is 4. The number of rotatable bonds is 6. The number of amides is 1. The van der Waals surface area contributed by atoms with Gasteiger partial charge in [0.25, 0.3) is 11.4 Å². The van der Waals surface area contributed by atoms with Gasteiger partial charge in [0, 0.05) is 29.4 Å². The van der Waals surface area contributed by atoms with Crippen LogP contribution in [0.25, 0.3) is 33.7 Å². The number of carbonyl (C=O) groups excluding carboxylic acids is 1. The van der Waals surface area contributed by atoms with Gasteiger partial charge in [-0.05, 0) is 30.7 Å². The van der Waals surface area contributed by atoms with E-state index in [0.29, 0.717) is 16.9 Å². The summed E-state index contributed by atoms with van der Waals surface area (Å²) < 4.78 is 6.93. The van der Waals surface area contributed by atoms with Gasteiger partial charge in [-0.15, -0.1) is 0 Å². The fourth-order valence-electron chi connectivity index (χ4n) is 3.88. The molecule has 0 saturated carbocycles. The van der Waals surface area contributed by atoms with Crippen LogP contribution in [0.1, 0.15) is 18.5 Å². The summed E-state index contributed by atoms with van der Waals surface area (Å²) in [4.78, 5) is 34.3. The molecule has 2 aromatic carbocycles. The van der Waals surface area contributed by atoms with E-state index < -0.39 is 0 Å². The number of para-hydroxylation sites is 1. The molecule has 8 nitrogen and oxygen atoms in total. The molecule has 0 aliphatic rings. The number of nitrogens with one attached hydrogen (secondary N) is 1. The third-order valence-electron chi connectivity index (χ3n) is 5.59. The molecule has 3 aromatic heterocycles. The van der Waals surface area contributed by atoms with E-state index in [9.17, 15) is 9.59 Å². The fraction of sp³-hybridized carbons (Fsp3) is 0.115. The lowest BCUT2D eigenvalue weighted by Crippen LogP contribution is -2.33. The molecule has 8 heteroatoms. The molecular formula is C26H21N5O3. The number of fused-ring (bicyclic) bond motifs is 1. The highest BCUT2D eigenvalue weighted by atomic mass is 16.5. The molecule has 0 aliphatic heterocycles. The monoisotopic (exact) mass is 451 g/mol. The summed E-state index contributed by atoms with van der Waals surface area (Å²) in [7, 11) is 0. The molecule has 0 unspecified atom stereocenters. The summed E-state index contributed by atoms with van der Waals surface area (Å²) in [5, 5.41) is 7.74. The van der Waals surface area contributed by atoms with E-state index >= 15 is 0 Å². The second kappa shape index (κ2) is 9.11. The van der Waals surface area contributed by atoms with Crippen LogP contribution >= 0.6 is 0 Å². The molecule has 1 amide bonds. The molecule has 1 atom stereocenters. The van der Waals surface area contributed by atoms with E-state index in [-0.39, 0.29) is 29.9 Å². The van der Waals surface area contributed by atoms with Crippen LogP contribution in [0.2, 0.25) is 0 Å². The average Bonchev–Trinajstić information content (AvgIpc) is 3.37. The zero-order chi connectivity index (χ0) is 23.5. The molecule has 0 aliphatic carbocycles. The molecule has 0 spiro atoms. The van der Waals surface area contributed by atoms with Gasteiger partial charge in [-0.3, -0.25) is 19.1 Å². The second-order valence-electron chi connectivity index (χ2n) is 7.86. The van der Waals surface area contributed by atoms with Crippen LogP contribution < -0.4 is 10.9 Å². The van der Waals surface area contributed by atoms with Gasteiger partial charge in [0.05, 0.1) is 17.1 Å². The van der Waals surface area contributed by atoms with E-state index in [4.69, 9.17) is 4.52 Å². The molecule has 168 valence electrons. The van der Waals surface area contributed by atoms with Gasteiger partial charge in [0.2, 0.25) is 11.7 Å². The highest BCUT2D eigenvalue weighted by molar-refractivity contribution is 5.93. The summed E-state index contributed by atoms with van der Waals surface area (Å²) in [6.45, 7) is 1.80. The Balaban J connectivity index is 1.47. The van der Waals surface area contributed by atoms with E-state index in [1.54, 1.807) is 30.6 Å². The quantitative estimate of drug-likeness (QED) is 0.419. The summed E-state index contributed by atoms with van der Waals surface area (Å²) in [5.74, 6) is 0.378. The molecule has 0 radical (unpaired) electrons. The Morgan fingerprint density at radius 2 is 1.76 bits per heavy atom.